The van der Waals surface area contributed by atoms with Crippen molar-refractivity contribution in [3.05, 3.63) is 69.9 Å². The Morgan fingerprint density at radius 3 is 2.63 bits per heavy atom. The Labute approximate surface area is 226 Å². The van der Waals surface area contributed by atoms with E-state index in [9.17, 15) is 20.0 Å². The lowest BCUT2D eigenvalue weighted by atomic mass is 9.94. The number of para-hydroxylation sites is 1. The Morgan fingerprint density at radius 2 is 1.87 bits per heavy atom. The molecule has 0 atom stereocenters. The number of amides is 2. The van der Waals surface area contributed by atoms with Gasteiger partial charge in [0.2, 0.25) is 5.91 Å². The largest absolute Gasteiger partial charge is 0.395 e. The van der Waals surface area contributed by atoms with Crippen molar-refractivity contribution in [2.45, 2.75) is 13.0 Å². The van der Waals surface area contributed by atoms with Crippen LogP contribution in [-0.2, 0) is 17.8 Å². The van der Waals surface area contributed by atoms with Crippen LogP contribution in [0.4, 0.5) is 5.69 Å². The van der Waals surface area contributed by atoms with E-state index in [1.807, 2.05) is 34.1 Å². The Kier molecular flexibility index (Phi) is 7.86. The number of carbonyl (C=O) groups is 2. The molecule has 9 nitrogen and oxygen atoms in total. The normalized spacial score (nSPS) is 16.2. The number of nitrogens with one attached hydrogen (secondary N) is 1. The van der Waals surface area contributed by atoms with E-state index in [2.05, 4.69) is 16.3 Å². The van der Waals surface area contributed by atoms with Gasteiger partial charge in [0.25, 0.3) is 5.91 Å². The molecule has 0 radical (unpaired) electrons. The highest BCUT2D eigenvalue weighted by Crippen LogP contribution is 2.30. The van der Waals surface area contributed by atoms with Crippen LogP contribution in [0.2, 0.25) is 5.02 Å². The summed E-state index contributed by atoms with van der Waals surface area (Å²) in [6.07, 6.45) is 0.624. The van der Waals surface area contributed by atoms with E-state index in [4.69, 9.17) is 16.6 Å². The summed E-state index contributed by atoms with van der Waals surface area (Å²) in [5.41, 5.74) is 3.94. The van der Waals surface area contributed by atoms with Crippen molar-refractivity contribution in [2.24, 2.45) is 0 Å². The summed E-state index contributed by atoms with van der Waals surface area (Å²) in [6.45, 7) is 4.50. The molecule has 0 bridgehead atoms. The van der Waals surface area contributed by atoms with E-state index in [1.54, 1.807) is 18.2 Å². The number of rotatable bonds is 6. The zero-order valence-corrected chi connectivity index (χ0v) is 21.7. The van der Waals surface area contributed by atoms with Crippen LogP contribution in [0.25, 0.3) is 10.9 Å². The van der Waals surface area contributed by atoms with Crippen molar-refractivity contribution in [3.63, 3.8) is 0 Å². The number of piperazine rings is 1. The zero-order valence-electron chi connectivity index (χ0n) is 21.0. The summed E-state index contributed by atoms with van der Waals surface area (Å²) in [7, 11) is 0. The number of fused-ring (bicyclic) bond motifs is 2. The van der Waals surface area contributed by atoms with Gasteiger partial charge in [0.05, 0.1) is 35.5 Å². The number of β-amino-alcohol motifs (C(OH)–C–C–N with tert-alkyl or cyclic N) is 1. The molecule has 1 aromatic heterocycles. The number of carbonyl (C=O) groups excluding carboxylic acids is 2. The maximum atomic E-state index is 13.9. The maximum Gasteiger partial charge on any atom is 0.255 e. The van der Waals surface area contributed by atoms with Gasteiger partial charge in [0.1, 0.15) is 6.07 Å². The van der Waals surface area contributed by atoms with E-state index in [1.165, 1.54) is 0 Å². The smallest absolute Gasteiger partial charge is 0.255 e. The standard InChI is InChI=1S/C28H29ClN6O3/c29-20-6-5-19(16-30)25(15-20)32-26(37)18-34-8-7-24-22(17-34)27(21-3-1-2-4-23(21)31-24)28(38)35-11-9-33(10-12-35)13-14-36/h1-6,15,36H,7-14,17-18H2,(H,32,37). The molecule has 3 heterocycles. The number of aliphatic hydroxyl groups is 1. The van der Waals surface area contributed by atoms with Gasteiger partial charge in [0.15, 0.2) is 0 Å². The molecule has 2 N–H and O–H groups in total. The van der Waals surface area contributed by atoms with Crippen molar-refractivity contribution in [1.29, 1.82) is 5.26 Å². The molecule has 5 rings (SSSR count). The van der Waals surface area contributed by atoms with Gasteiger partial charge in [-0.3, -0.25) is 24.4 Å². The lowest BCUT2D eigenvalue weighted by molar-refractivity contribution is -0.117. The molecule has 3 aromatic rings. The van der Waals surface area contributed by atoms with Gasteiger partial charge < -0.3 is 15.3 Å². The van der Waals surface area contributed by atoms with E-state index in [0.717, 1.165) is 35.2 Å². The minimum atomic E-state index is -0.256. The number of hydrogen-bond donors (Lipinski definition) is 2. The first-order chi connectivity index (χ1) is 18.5. The predicted molar refractivity (Wildman–Crippen MR) is 145 cm³/mol. The van der Waals surface area contributed by atoms with Crippen LogP contribution in [0.15, 0.2) is 42.5 Å². The number of benzene rings is 2. The summed E-state index contributed by atoms with van der Waals surface area (Å²) >= 11 is 6.06. The number of hydrogen-bond acceptors (Lipinski definition) is 7. The van der Waals surface area contributed by atoms with Crippen LogP contribution in [0.3, 0.4) is 0 Å². The highest BCUT2D eigenvalue weighted by Gasteiger charge is 2.30. The average Bonchev–Trinajstić information content (AvgIpc) is 2.92. The SMILES string of the molecule is N#Cc1ccc(Cl)cc1NC(=O)CN1CCc2nc3ccccc3c(C(=O)N3CCN(CCO)CC3)c2C1. The third kappa shape index (κ3) is 5.49. The van der Waals surface area contributed by atoms with Gasteiger partial charge in [-0.05, 0) is 24.3 Å². The molecule has 2 aliphatic heterocycles. The molecule has 0 spiro atoms. The molecule has 2 aromatic carbocycles. The Balaban J connectivity index is 1.38. The Bertz CT molecular complexity index is 1410. The average molecular weight is 533 g/mol. The van der Waals surface area contributed by atoms with Crippen LogP contribution in [0.5, 0.6) is 0 Å². The fraction of sp³-hybridized carbons (Fsp3) is 0.357. The Hall–Kier alpha value is -3.55. The molecular weight excluding hydrogens is 504 g/mol. The van der Waals surface area contributed by atoms with Crippen molar-refractivity contribution >= 4 is 40.0 Å². The third-order valence-electron chi connectivity index (χ3n) is 7.16. The van der Waals surface area contributed by atoms with Gasteiger partial charge in [0, 0.05) is 73.9 Å². The molecule has 0 saturated carbocycles. The number of nitrogens with zero attached hydrogens (tertiary/aromatic N) is 5. The van der Waals surface area contributed by atoms with Crippen molar-refractivity contribution in [2.75, 3.05) is 57.7 Å². The highest BCUT2D eigenvalue weighted by molar-refractivity contribution is 6.31. The molecule has 2 amide bonds. The summed E-state index contributed by atoms with van der Waals surface area (Å²) in [4.78, 5) is 37.7. The number of aromatic nitrogens is 1. The quantitative estimate of drug-likeness (QED) is 0.501. The van der Waals surface area contributed by atoms with Crippen molar-refractivity contribution in [3.8, 4) is 6.07 Å². The zero-order chi connectivity index (χ0) is 26.6. The number of halogens is 1. The lowest BCUT2D eigenvalue weighted by Gasteiger charge is -2.36. The molecule has 38 heavy (non-hydrogen) atoms. The van der Waals surface area contributed by atoms with Gasteiger partial charge in [-0.2, -0.15) is 5.26 Å². The molecule has 2 aliphatic rings. The molecule has 0 unspecified atom stereocenters. The summed E-state index contributed by atoms with van der Waals surface area (Å²) in [6, 6.07) is 14.5. The minimum absolute atomic E-state index is 0.0209. The van der Waals surface area contributed by atoms with Crippen molar-refractivity contribution in [1.82, 2.24) is 19.7 Å². The molecule has 1 fully saturated rings. The monoisotopic (exact) mass is 532 g/mol. The topological polar surface area (TPSA) is 113 Å². The second-order valence-electron chi connectivity index (χ2n) is 9.60. The van der Waals surface area contributed by atoms with E-state index < -0.39 is 0 Å². The second-order valence-corrected chi connectivity index (χ2v) is 10.0. The third-order valence-corrected chi connectivity index (χ3v) is 7.39. The van der Waals surface area contributed by atoms with Gasteiger partial charge in [-0.15, -0.1) is 0 Å². The first-order valence-corrected chi connectivity index (χ1v) is 13.1. The minimum Gasteiger partial charge on any atom is -0.395 e. The number of anilines is 1. The van der Waals surface area contributed by atoms with Crippen LogP contribution in [-0.4, -0.2) is 89.0 Å². The molecule has 0 aliphatic carbocycles. The van der Waals surface area contributed by atoms with Crippen LogP contribution in [0.1, 0.15) is 27.2 Å². The molecular formula is C28H29ClN6O3. The highest BCUT2D eigenvalue weighted by atomic mass is 35.5. The number of pyridine rings is 1. The fourth-order valence-corrected chi connectivity index (χ4v) is 5.38. The van der Waals surface area contributed by atoms with E-state index in [-0.39, 0.29) is 25.0 Å². The van der Waals surface area contributed by atoms with Crippen LogP contribution in [0, 0.1) is 11.3 Å². The molecule has 1 saturated heterocycles. The summed E-state index contributed by atoms with van der Waals surface area (Å²) in [5, 5.41) is 22.7. The molecule has 10 heteroatoms. The van der Waals surface area contributed by atoms with Crippen LogP contribution >= 0.6 is 11.6 Å². The van der Waals surface area contributed by atoms with Crippen molar-refractivity contribution < 1.29 is 14.7 Å². The maximum absolute atomic E-state index is 13.9. The lowest BCUT2D eigenvalue weighted by Crippen LogP contribution is -2.49. The molecule has 196 valence electrons. The first kappa shape index (κ1) is 26.1. The predicted octanol–water partition coefficient (Wildman–Crippen LogP) is 2.51. The first-order valence-electron chi connectivity index (χ1n) is 12.7. The van der Waals surface area contributed by atoms with Gasteiger partial charge in [-0.1, -0.05) is 29.8 Å². The van der Waals surface area contributed by atoms with Crippen LogP contribution < -0.4 is 5.32 Å². The Morgan fingerprint density at radius 1 is 1.08 bits per heavy atom. The fourth-order valence-electron chi connectivity index (χ4n) is 5.21. The summed E-state index contributed by atoms with van der Waals surface area (Å²) in [5.74, 6) is -0.277. The van der Waals surface area contributed by atoms with E-state index in [0.29, 0.717) is 61.0 Å². The second kappa shape index (κ2) is 11.5. The number of aliphatic hydroxyl groups excluding tert-OH is 1. The number of nitriles is 1. The summed E-state index contributed by atoms with van der Waals surface area (Å²) < 4.78 is 0. The van der Waals surface area contributed by atoms with E-state index >= 15 is 0 Å². The van der Waals surface area contributed by atoms with Gasteiger partial charge >= 0.3 is 0 Å². The van der Waals surface area contributed by atoms with Gasteiger partial charge in [-0.25, -0.2) is 0 Å².